The molecule has 0 aromatic heterocycles. The molecule has 0 spiro atoms. The third-order valence-electron chi connectivity index (χ3n) is 3.62. The van der Waals surface area contributed by atoms with Crippen molar-refractivity contribution < 1.29 is 17.9 Å². The number of hydrogen-bond acceptors (Lipinski definition) is 5. The van der Waals surface area contributed by atoms with E-state index in [0.717, 1.165) is 0 Å². The average molecular weight is 324 g/mol. The summed E-state index contributed by atoms with van der Waals surface area (Å²) in [5.74, 6) is -0.804. The maximum Gasteiger partial charge on any atom is 0.490 e. The Labute approximate surface area is 129 Å². The molecule has 1 heterocycles. The molecule has 1 saturated heterocycles. The van der Waals surface area contributed by atoms with Gasteiger partial charge < -0.3 is 9.64 Å². The minimum Gasteiger partial charge on any atom is -0.354 e. The van der Waals surface area contributed by atoms with Gasteiger partial charge in [0.15, 0.2) is 0 Å². The maximum atomic E-state index is 12.6. The van der Waals surface area contributed by atoms with Gasteiger partial charge in [-0.15, -0.1) is 0 Å². The highest BCUT2D eigenvalue weighted by Crippen LogP contribution is 2.30. The van der Waals surface area contributed by atoms with Crippen molar-refractivity contribution in [1.82, 2.24) is 4.90 Å². The van der Waals surface area contributed by atoms with Crippen LogP contribution in [0.1, 0.15) is 20.8 Å². The average Bonchev–Trinajstić information content (AvgIpc) is 2.73. The van der Waals surface area contributed by atoms with Crippen molar-refractivity contribution in [2.75, 3.05) is 6.61 Å². The number of rotatable bonds is 3. The molecule has 1 unspecified atom stereocenters. The molecule has 0 saturated carbocycles. The van der Waals surface area contributed by atoms with E-state index in [9.17, 15) is 13.2 Å². The first-order chi connectivity index (χ1) is 10.2. The summed E-state index contributed by atoms with van der Waals surface area (Å²) in [4.78, 5) is 16.7. The fourth-order valence-corrected chi connectivity index (χ4v) is 3.88. The van der Waals surface area contributed by atoms with Crippen molar-refractivity contribution in [2.24, 2.45) is 0 Å². The molecule has 1 aliphatic rings. The topological polar surface area (TPSA) is 91.8 Å². The molecule has 22 heavy (non-hydrogen) atoms. The van der Waals surface area contributed by atoms with Gasteiger partial charge in [0.05, 0.1) is 17.5 Å². The number of carbonyl (C=O) groups excluding carboxylic acids is 1. The third kappa shape index (κ3) is 2.69. The predicted molar refractivity (Wildman–Crippen MR) is 78.8 cm³/mol. The number of amides is 1. The van der Waals surface area contributed by atoms with Gasteiger partial charge in [-0.1, -0.05) is 18.2 Å². The fourth-order valence-electron chi connectivity index (χ4n) is 2.58. The molecular weight excluding hydrogens is 306 g/mol. The van der Waals surface area contributed by atoms with Crippen LogP contribution in [0.4, 0.5) is 0 Å². The number of diazo groups is 1. The Morgan fingerprint density at radius 3 is 2.45 bits per heavy atom. The number of carbonyl (C=O) groups is 1. The van der Waals surface area contributed by atoms with Crippen molar-refractivity contribution in [1.29, 1.82) is 5.39 Å². The van der Waals surface area contributed by atoms with Crippen molar-refractivity contribution >= 4 is 15.7 Å². The Morgan fingerprint density at radius 2 is 2.00 bits per heavy atom. The molecule has 0 N–H and O–H groups in total. The highest BCUT2D eigenvalue weighted by molar-refractivity contribution is 7.93. The summed E-state index contributed by atoms with van der Waals surface area (Å²) in [7, 11) is -4.12. The van der Waals surface area contributed by atoms with E-state index in [2.05, 4.69) is 4.98 Å². The Morgan fingerprint density at radius 1 is 1.41 bits per heavy atom. The van der Waals surface area contributed by atoms with Crippen LogP contribution < -0.4 is 0 Å². The van der Waals surface area contributed by atoms with E-state index in [0.29, 0.717) is 6.61 Å². The summed E-state index contributed by atoms with van der Waals surface area (Å²) in [5, 5.41) is 7.26. The molecule has 118 valence electrons. The predicted octanol–water partition coefficient (Wildman–Crippen LogP) is 1.62. The standard InChI is InChI=1S/C14H18N3O4S/c1-10-9-21-14(2,3)17(10)13(18)12(16-15)22(19,20)11-7-5-4-6-8-11/h4-8,10,12H,9H2,1-3H3/q+1/t10-,12?/m0/s1. The molecule has 1 aliphatic heterocycles. The van der Waals surface area contributed by atoms with Gasteiger partial charge in [-0.25, -0.2) is 8.42 Å². The zero-order valence-corrected chi connectivity index (χ0v) is 13.4. The van der Waals surface area contributed by atoms with E-state index in [1.807, 2.05) is 0 Å². The smallest absolute Gasteiger partial charge is 0.354 e. The molecule has 1 aromatic rings. The Hall–Kier alpha value is -1.98. The van der Waals surface area contributed by atoms with E-state index >= 15 is 0 Å². The number of sulfone groups is 1. The molecule has 1 fully saturated rings. The highest BCUT2D eigenvalue weighted by Gasteiger charge is 2.54. The summed E-state index contributed by atoms with van der Waals surface area (Å²) in [6.07, 6.45) is 0. The minimum atomic E-state index is -4.12. The molecule has 0 aliphatic carbocycles. The van der Waals surface area contributed by atoms with Crippen LogP contribution >= 0.6 is 0 Å². The number of hydrogen-bond donors (Lipinski definition) is 0. The lowest BCUT2D eigenvalue weighted by Crippen LogP contribution is -2.52. The van der Waals surface area contributed by atoms with E-state index in [-0.39, 0.29) is 10.9 Å². The minimum absolute atomic E-state index is 0.0725. The van der Waals surface area contributed by atoms with E-state index in [1.54, 1.807) is 26.8 Å². The van der Waals surface area contributed by atoms with Gasteiger partial charge in [0.1, 0.15) is 10.7 Å². The molecular formula is C14H18N3O4S+. The van der Waals surface area contributed by atoms with Crippen LogP contribution in [0, 0.1) is 5.39 Å². The lowest BCUT2D eigenvalue weighted by Gasteiger charge is -2.31. The maximum absolute atomic E-state index is 12.6. The number of nitrogens with zero attached hydrogens (tertiary/aromatic N) is 3. The second kappa shape index (κ2) is 5.66. The number of benzene rings is 1. The molecule has 0 radical (unpaired) electrons. The molecule has 8 heteroatoms. The summed E-state index contributed by atoms with van der Waals surface area (Å²) in [6.45, 7) is 5.37. The van der Waals surface area contributed by atoms with Crippen LogP contribution in [-0.4, -0.2) is 43.0 Å². The van der Waals surface area contributed by atoms with Crippen molar-refractivity contribution in [3.8, 4) is 0 Å². The summed E-state index contributed by atoms with van der Waals surface area (Å²) >= 11 is 0. The SMILES string of the molecule is C[C@H]1COC(C)(C)N1C(=O)C([N+]#N)S(=O)(=O)c1ccccc1. The van der Waals surface area contributed by atoms with Gasteiger partial charge in [0.25, 0.3) is 9.84 Å². The van der Waals surface area contributed by atoms with Crippen molar-refractivity contribution in [3.05, 3.63) is 35.3 Å². The van der Waals surface area contributed by atoms with Crippen LogP contribution in [0.3, 0.4) is 0 Å². The zero-order chi connectivity index (χ0) is 16.5. The molecule has 2 atom stereocenters. The van der Waals surface area contributed by atoms with Crippen LogP contribution in [0.25, 0.3) is 4.98 Å². The van der Waals surface area contributed by atoms with Gasteiger partial charge in [-0.3, -0.25) is 4.79 Å². The monoisotopic (exact) mass is 324 g/mol. The van der Waals surface area contributed by atoms with Gasteiger partial charge in [-0.2, -0.15) is 0 Å². The first kappa shape index (κ1) is 16.4. The van der Waals surface area contributed by atoms with Crippen LogP contribution in [-0.2, 0) is 19.4 Å². The first-order valence-electron chi connectivity index (χ1n) is 6.82. The fraction of sp³-hybridized carbons (Fsp3) is 0.500. The Bertz CT molecular complexity index is 709. The Kier molecular flexibility index (Phi) is 4.22. The lowest BCUT2D eigenvalue weighted by atomic mass is 10.2. The van der Waals surface area contributed by atoms with Crippen molar-refractivity contribution in [3.63, 3.8) is 0 Å². The van der Waals surface area contributed by atoms with Gasteiger partial charge in [0.2, 0.25) is 5.39 Å². The third-order valence-corrected chi connectivity index (χ3v) is 5.43. The lowest BCUT2D eigenvalue weighted by molar-refractivity contribution is -0.144. The molecule has 0 bridgehead atoms. The van der Waals surface area contributed by atoms with Gasteiger partial charge >= 0.3 is 11.3 Å². The molecule has 7 nitrogen and oxygen atoms in total. The van der Waals surface area contributed by atoms with Crippen LogP contribution in [0.2, 0.25) is 0 Å². The summed E-state index contributed by atoms with van der Waals surface area (Å²) < 4.78 is 30.6. The first-order valence-corrected chi connectivity index (χ1v) is 8.36. The largest absolute Gasteiger partial charge is 0.490 e. The normalized spacial score (nSPS) is 22.1. The second-order valence-corrected chi connectivity index (χ2v) is 7.65. The van der Waals surface area contributed by atoms with Crippen LogP contribution in [0.15, 0.2) is 35.2 Å². The molecule has 1 amide bonds. The second-order valence-electron chi connectivity index (χ2n) is 5.64. The highest BCUT2D eigenvalue weighted by atomic mass is 32.2. The number of ether oxygens (including phenoxy) is 1. The van der Waals surface area contributed by atoms with Crippen molar-refractivity contribution in [2.45, 2.75) is 42.8 Å². The van der Waals surface area contributed by atoms with Crippen LogP contribution in [0.5, 0.6) is 0 Å². The quantitative estimate of drug-likeness (QED) is 0.788. The van der Waals surface area contributed by atoms with E-state index < -0.39 is 26.8 Å². The zero-order valence-electron chi connectivity index (χ0n) is 12.6. The molecule has 1 aromatic carbocycles. The van der Waals surface area contributed by atoms with E-state index in [1.165, 1.54) is 29.2 Å². The summed E-state index contributed by atoms with van der Waals surface area (Å²) in [5.41, 5.74) is -0.953. The summed E-state index contributed by atoms with van der Waals surface area (Å²) in [6, 6.07) is 7.14. The molecule has 2 rings (SSSR count). The van der Waals surface area contributed by atoms with Gasteiger partial charge in [-0.05, 0) is 32.9 Å². The van der Waals surface area contributed by atoms with E-state index in [4.69, 9.17) is 10.1 Å². The van der Waals surface area contributed by atoms with Gasteiger partial charge in [0, 0.05) is 0 Å². The Balaban J connectivity index is 2.41.